The highest BCUT2D eigenvalue weighted by atomic mass is 79.9. The predicted molar refractivity (Wildman–Crippen MR) is 69.9 cm³/mol. The first-order valence-corrected chi connectivity index (χ1v) is 6.20. The number of aromatic nitrogens is 4. The Balaban J connectivity index is 1.88. The Hall–Kier alpha value is -1.76. The lowest BCUT2D eigenvalue weighted by molar-refractivity contribution is -0.116. The molecule has 0 spiro atoms. The van der Waals surface area contributed by atoms with Crippen molar-refractivity contribution in [1.82, 2.24) is 20.0 Å². The van der Waals surface area contributed by atoms with Crippen LogP contribution in [0, 0.1) is 6.92 Å². The van der Waals surface area contributed by atoms with Gasteiger partial charge in [0.15, 0.2) is 0 Å². The Bertz CT molecular complexity index is 540. The minimum absolute atomic E-state index is 0.0750. The third-order valence-electron chi connectivity index (χ3n) is 2.34. The van der Waals surface area contributed by atoms with E-state index in [1.54, 1.807) is 23.3 Å². The summed E-state index contributed by atoms with van der Waals surface area (Å²) in [6.45, 7) is 2.43. The summed E-state index contributed by atoms with van der Waals surface area (Å²) in [7, 11) is 0. The van der Waals surface area contributed by atoms with Crippen molar-refractivity contribution in [2.75, 3.05) is 5.32 Å². The monoisotopic (exact) mass is 309 g/mol. The van der Waals surface area contributed by atoms with Gasteiger partial charge in [0.1, 0.15) is 4.60 Å². The van der Waals surface area contributed by atoms with Gasteiger partial charge in [-0.05, 0) is 34.5 Å². The summed E-state index contributed by atoms with van der Waals surface area (Å²) >= 11 is 3.31. The molecule has 1 N–H and O–H groups in total. The number of hydrogen-bond donors (Lipinski definition) is 1. The lowest BCUT2D eigenvalue weighted by atomic mass is 10.3. The third-order valence-corrected chi connectivity index (χ3v) is 3.17. The number of anilines is 1. The van der Waals surface area contributed by atoms with Crippen LogP contribution < -0.4 is 5.32 Å². The number of halogens is 1. The second-order valence-corrected chi connectivity index (χ2v) is 4.55. The Labute approximate surface area is 113 Å². The first-order valence-electron chi connectivity index (χ1n) is 5.41. The van der Waals surface area contributed by atoms with Crippen LogP contribution in [0.1, 0.15) is 12.0 Å². The molecular formula is C11H12BrN5O. The molecule has 2 aromatic rings. The van der Waals surface area contributed by atoms with E-state index < -0.39 is 0 Å². The zero-order valence-electron chi connectivity index (χ0n) is 9.80. The zero-order chi connectivity index (χ0) is 13.0. The number of amides is 1. The van der Waals surface area contributed by atoms with Crippen LogP contribution in [-0.4, -0.2) is 25.9 Å². The summed E-state index contributed by atoms with van der Waals surface area (Å²) in [6, 6.07) is 1.87. The molecule has 0 saturated carbocycles. The van der Waals surface area contributed by atoms with Crippen LogP contribution in [0.5, 0.6) is 0 Å². The van der Waals surface area contributed by atoms with Crippen molar-refractivity contribution < 1.29 is 4.79 Å². The minimum atomic E-state index is -0.0750. The van der Waals surface area contributed by atoms with Gasteiger partial charge in [0.05, 0.1) is 24.6 Å². The van der Waals surface area contributed by atoms with Crippen LogP contribution in [0.15, 0.2) is 29.3 Å². The van der Waals surface area contributed by atoms with Gasteiger partial charge in [0.2, 0.25) is 5.91 Å². The lowest BCUT2D eigenvalue weighted by Gasteiger charge is -2.06. The van der Waals surface area contributed by atoms with Crippen LogP contribution in [0.25, 0.3) is 0 Å². The summed E-state index contributed by atoms with van der Waals surface area (Å²) in [6.07, 6.45) is 5.27. The molecule has 0 aliphatic rings. The number of aryl methyl sites for hydroxylation is 2. The van der Waals surface area contributed by atoms with E-state index >= 15 is 0 Å². The Morgan fingerprint density at radius 2 is 2.39 bits per heavy atom. The first kappa shape index (κ1) is 12.7. The Morgan fingerprint density at radius 1 is 1.56 bits per heavy atom. The van der Waals surface area contributed by atoms with Crippen molar-refractivity contribution in [3.8, 4) is 0 Å². The van der Waals surface area contributed by atoms with Gasteiger partial charge < -0.3 is 5.32 Å². The summed E-state index contributed by atoms with van der Waals surface area (Å²) in [5.74, 6) is -0.0750. The maximum absolute atomic E-state index is 11.7. The largest absolute Gasteiger partial charge is 0.325 e. The van der Waals surface area contributed by atoms with Crippen molar-refractivity contribution >= 4 is 27.5 Å². The smallest absolute Gasteiger partial charge is 0.226 e. The molecule has 0 aliphatic carbocycles. The molecule has 0 bridgehead atoms. The highest BCUT2D eigenvalue weighted by molar-refractivity contribution is 9.10. The molecule has 0 aliphatic heterocycles. The van der Waals surface area contributed by atoms with Gasteiger partial charge in [-0.15, -0.1) is 5.10 Å². The molecule has 2 aromatic heterocycles. The molecule has 0 atom stereocenters. The number of pyridine rings is 1. The highest BCUT2D eigenvalue weighted by Gasteiger charge is 2.05. The Kier molecular flexibility index (Phi) is 4.03. The molecule has 0 radical (unpaired) electrons. The average molecular weight is 310 g/mol. The third kappa shape index (κ3) is 3.36. The maximum Gasteiger partial charge on any atom is 0.226 e. The van der Waals surface area contributed by atoms with E-state index in [0.717, 1.165) is 10.2 Å². The van der Waals surface area contributed by atoms with E-state index in [-0.39, 0.29) is 5.91 Å². The van der Waals surface area contributed by atoms with E-state index in [2.05, 4.69) is 36.5 Å². The van der Waals surface area contributed by atoms with Crippen LogP contribution in [0.2, 0.25) is 0 Å². The molecule has 18 heavy (non-hydrogen) atoms. The predicted octanol–water partition coefficient (Wildman–Crippen LogP) is 1.77. The topological polar surface area (TPSA) is 72.7 Å². The van der Waals surface area contributed by atoms with Gasteiger partial charge in [-0.1, -0.05) is 5.21 Å². The van der Waals surface area contributed by atoms with Gasteiger partial charge in [0, 0.05) is 12.6 Å². The summed E-state index contributed by atoms with van der Waals surface area (Å²) in [4.78, 5) is 15.8. The van der Waals surface area contributed by atoms with Crippen molar-refractivity contribution in [2.45, 2.75) is 19.9 Å². The van der Waals surface area contributed by atoms with Crippen molar-refractivity contribution in [2.24, 2.45) is 0 Å². The number of nitrogens with one attached hydrogen (secondary N) is 1. The molecular weight excluding hydrogens is 298 g/mol. The number of nitrogens with zero attached hydrogens (tertiary/aromatic N) is 4. The van der Waals surface area contributed by atoms with Crippen molar-refractivity contribution in [1.29, 1.82) is 0 Å². The highest BCUT2D eigenvalue weighted by Crippen LogP contribution is 2.16. The first-order chi connectivity index (χ1) is 8.65. The van der Waals surface area contributed by atoms with Gasteiger partial charge in [-0.25, -0.2) is 4.98 Å². The molecule has 0 unspecified atom stereocenters. The molecule has 0 aromatic carbocycles. The Morgan fingerprint density at radius 3 is 3.06 bits per heavy atom. The molecule has 6 nitrogen and oxygen atoms in total. The standard InChI is InChI=1S/C11H12BrN5O/c1-8-6-9(7-13-11(8)12)15-10(18)2-4-17-5-3-14-16-17/h3,5-7H,2,4H2,1H3,(H,15,18). The fourth-order valence-corrected chi connectivity index (χ4v) is 1.63. The summed E-state index contributed by atoms with van der Waals surface area (Å²) in [5.41, 5.74) is 1.67. The van der Waals surface area contributed by atoms with Crippen molar-refractivity contribution in [3.05, 3.63) is 34.8 Å². The van der Waals surface area contributed by atoms with Gasteiger partial charge in [-0.3, -0.25) is 9.48 Å². The molecule has 0 saturated heterocycles. The quantitative estimate of drug-likeness (QED) is 0.874. The number of rotatable bonds is 4. The van der Waals surface area contributed by atoms with E-state index in [1.807, 2.05) is 13.0 Å². The van der Waals surface area contributed by atoms with Crippen LogP contribution in [0.3, 0.4) is 0 Å². The summed E-state index contributed by atoms with van der Waals surface area (Å²) in [5, 5.41) is 10.2. The fourth-order valence-electron chi connectivity index (χ4n) is 1.42. The second-order valence-electron chi connectivity index (χ2n) is 3.80. The minimum Gasteiger partial charge on any atom is -0.325 e. The molecule has 2 heterocycles. The number of carbonyl (C=O) groups excluding carboxylic acids is 1. The molecule has 0 fully saturated rings. The number of carbonyl (C=O) groups is 1. The van der Waals surface area contributed by atoms with Crippen LogP contribution in [0.4, 0.5) is 5.69 Å². The summed E-state index contributed by atoms with van der Waals surface area (Å²) < 4.78 is 2.40. The van der Waals surface area contributed by atoms with E-state index in [9.17, 15) is 4.79 Å². The normalized spacial score (nSPS) is 10.3. The molecule has 2 rings (SSSR count). The molecule has 94 valence electrons. The second kappa shape index (κ2) is 5.72. The van der Waals surface area contributed by atoms with E-state index in [4.69, 9.17) is 0 Å². The zero-order valence-corrected chi connectivity index (χ0v) is 11.4. The fraction of sp³-hybridized carbons (Fsp3) is 0.273. The SMILES string of the molecule is Cc1cc(NC(=O)CCn2ccnn2)cnc1Br. The molecule has 7 heteroatoms. The average Bonchev–Trinajstić information content (AvgIpc) is 2.84. The van der Waals surface area contributed by atoms with E-state index in [1.165, 1.54) is 0 Å². The van der Waals surface area contributed by atoms with Gasteiger partial charge in [0.25, 0.3) is 0 Å². The van der Waals surface area contributed by atoms with Gasteiger partial charge in [-0.2, -0.15) is 0 Å². The number of hydrogen-bond acceptors (Lipinski definition) is 4. The lowest BCUT2D eigenvalue weighted by Crippen LogP contribution is -2.15. The van der Waals surface area contributed by atoms with E-state index in [0.29, 0.717) is 18.7 Å². The maximum atomic E-state index is 11.7. The van der Waals surface area contributed by atoms with Crippen LogP contribution in [-0.2, 0) is 11.3 Å². The van der Waals surface area contributed by atoms with Crippen LogP contribution >= 0.6 is 15.9 Å². The molecule has 1 amide bonds. The van der Waals surface area contributed by atoms with Gasteiger partial charge >= 0.3 is 0 Å². The van der Waals surface area contributed by atoms with Crippen molar-refractivity contribution in [3.63, 3.8) is 0 Å².